The number of ether oxygens (including phenoxy) is 1. The number of hydrogen-bond acceptors (Lipinski definition) is 2. The summed E-state index contributed by atoms with van der Waals surface area (Å²) in [6.45, 7) is 5.37. The first-order valence-electron chi connectivity index (χ1n) is 6.88. The maximum atomic E-state index is 10.8. The van der Waals surface area contributed by atoms with Crippen LogP contribution >= 0.6 is 0 Å². The van der Waals surface area contributed by atoms with Crippen molar-refractivity contribution in [2.45, 2.75) is 76.9 Å². The Bertz CT molecular complexity index is 231. The summed E-state index contributed by atoms with van der Waals surface area (Å²) in [7, 11) is 0. The van der Waals surface area contributed by atoms with Gasteiger partial charge >= 0.3 is 0 Å². The highest BCUT2D eigenvalue weighted by molar-refractivity contribution is 4.96. The van der Waals surface area contributed by atoms with Gasteiger partial charge in [-0.1, -0.05) is 26.7 Å². The standard InChI is InChI=1S/C14H26O2/c1-13(2)8-3-4-9-14(13,15)10-7-12-6-5-11-16-12/h12,15H,3-11H2,1-2H3. The predicted octanol–water partition coefficient (Wildman–Crippen LogP) is 3.28. The fraction of sp³-hybridized carbons (Fsp3) is 1.00. The van der Waals surface area contributed by atoms with E-state index < -0.39 is 5.60 Å². The van der Waals surface area contributed by atoms with E-state index in [-0.39, 0.29) is 5.41 Å². The van der Waals surface area contributed by atoms with E-state index in [4.69, 9.17) is 4.74 Å². The van der Waals surface area contributed by atoms with Gasteiger partial charge in [0.1, 0.15) is 0 Å². The SMILES string of the molecule is CC1(C)CCCCC1(O)CCC1CCCO1. The third-order valence-electron chi connectivity index (χ3n) is 4.81. The van der Waals surface area contributed by atoms with E-state index in [1.165, 1.54) is 25.7 Å². The molecule has 1 saturated carbocycles. The monoisotopic (exact) mass is 226 g/mol. The van der Waals surface area contributed by atoms with E-state index in [0.29, 0.717) is 6.10 Å². The molecule has 2 nitrogen and oxygen atoms in total. The molecule has 2 aliphatic rings. The molecule has 2 unspecified atom stereocenters. The van der Waals surface area contributed by atoms with E-state index in [9.17, 15) is 5.11 Å². The third kappa shape index (κ3) is 2.43. The van der Waals surface area contributed by atoms with Crippen molar-refractivity contribution in [1.29, 1.82) is 0 Å². The minimum atomic E-state index is -0.447. The largest absolute Gasteiger partial charge is 0.389 e. The molecule has 0 aromatic heterocycles. The molecule has 2 fully saturated rings. The molecule has 2 atom stereocenters. The fourth-order valence-electron chi connectivity index (χ4n) is 3.29. The first-order valence-corrected chi connectivity index (χ1v) is 6.88. The average molecular weight is 226 g/mol. The van der Waals surface area contributed by atoms with Gasteiger partial charge < -0.3 is 9.84 Å². The molecular formula is C14H26O2. The lowest BCUT2D eigenvalue weighted by atomic mass is 9.63. The first kappa shape index (κ1) is 12.4. The van der Waals surface area contributed by atoms with Gasteiger partial charge in [0.2, 0.25) is 0 Å². The van der Waals surface area contributed by atoms with Crippen LogP contribution in [-0.2, 0) is 4.74 Å². The van der Waals surface area contributed by atoms with E-state index in [1.54, 1.807) is 0 Å². The van der Waals surface area contributed by atoms with Gasteiger partial charge in [0.05, 0.1) is 11.7 Å². The van der Waals surface area contributed by atoms with E-state index >= 15 is 0 Å². The second kappa shape index (κ2) is 4.66. The van der Waals surface area contributed by atoms with E-state index in [2.05, 4.69) is 13.8 Å². The Morgan fingerprint density at radius 3 is 2.56 bits per heavy atom. The van der Waals surface area contributed by atoms with Crippen molar-refractivity contribution >= 4 is 0 Å². The van der Waals surface area contributed by atoms with Gasteiger partial charge in [-0.25, -0.2) is 0 Å². The molecule has 0 bridgehead atoms. The zero-order valence-corrected chi connectivity index (χ0v) is 10.8. The lowest BCUT2D eigenvalue weighted by Crippen LogP contribution is -2.47. The van der Waals surface area contributed by atoms with Gasteiger partial charge in [-0.2, -0.15) is 0 Å². The van der Waals surface area contributed by atoms with E-state index in [1.807, 2.05) is 0 Å². The van der Waals surface area contributed by atoms with Gasteiger partial charge in [0.25, 0.3) is 0 Å². The third-order valence-corrected chi connectivity index (χ3v) is 4.81. The molecule has 1 heterocycles. The minimum absolute atomic E-state index is 0.0872. The number of aliphatic hydroxyl groups is 1. The molecule has 1 aliphatic carbocycles. The summed E-state index contributed by atoms with van der Waals surface area (Å²) < 4.78 is 5.65. The summed E-state index contributed by atoms with van der Waals surface area (Å²) in [4.78, 5) is 0. The summed E-state index contributed by atoms with van der Waals surface area (Å²) in [6, 6.07) is 0. The molecule has 0 amide bonds. The van der Waals surface area contributed by atoms with Crippen LogP contribution in [0.15, 0.2) is 0 Å². The Kier molecular flexibility index (Phi) is 3.60. The highest BCUT2D eigenvalue weighted by Crippen LogP contribution is 2.46. The lowest BCUT2D eigenvalue weighted by Gasteiger charge is -2.47. The molecule has 1 aliphatic heterocycles. The Balaban J connectivity index is 1.89. The summed E-state index contributed by atoms with van der Waals surface area (Å²) in [5.74, 6) is 0. The van der Waals surface area contributed by atoms with Crippen molar-refractivity contribution in [3.8, 4) is 0 Å². The highest BCUT2D eigenvalue weighted by Gasteiger charge is 2.44. The molecule has 0 radical (unpaired) electrons. The molecule has 1 N–H and O–H groups in total. The normalized spacial score (nSPS) is 38.8. The van der Waals surface area contributed by atoms with Crippen molar-refractivity contribution < 1.29 is 9.84 Å². The fourth-order valence-corrected chi connectivity index (χ4v) is 3.29. The summed E-state index contributed by atoms with van der Waals surface area (Å²) in [5.41, 5.74) is -0.360. The summed E-state index contributed by atoms with van der Waals surface area (Å²) >= 11 is 0. The molecular weight excluding hydrogens is 200 g/mol. The molecule has 2 rings (SSSR count). The zero-order chi connectivity index (χ0) is 11.6. The van der Waals surface area contributed by atoms with Crippen LogP contribution in [0.5, 0.6) is 0 Å². The Morgan fingerprint density at radius 2 is 1.94 bits per heavy atom. The van der Waals surface area contributed by atoms with Gasteiger partial charge in [0.15, 0.2) is 0 Å². The van der Waals surface area contributed by atoms with Crippen LogP contribution in [0.25, 0.3) is 0 Å². The number of hydrogen-bond donors (Lipinski definition) is 1. The van der Waals surface area contributed by atoms with Crippen LogP contribution in [0, 0.1) is 5.41 Å². The van der Waals surface area contributed by atoms with Crippen LogP contribution < -0.4 is 0 Å². The predicted molar refractivity (Wildman–Crippen MR) is 65.4 cm³/mol. The van der Waals surface area contributed by atoms with Crippen molar-refractivity contribution in [3.05, 3.63) is 0 Å². The molecule has 2 heteroatoms. The molecule has 0 aromatic carbocycles. The lowest BCUT2D eigenvalue weighted by molar-refractivity contribution is -0.108. The highest BCUT2D eigenvalue weighted by atomic mass is 16.5. The molecule has 94 valence electrons. The van der Waals surface area contributed by atoms with Crippen molar-refractivity contribution in [1.82, 2.24) is 0 Å². The van der Waals surface area contributed by atoms with Gasteiger partial charge in [-0.3, -0.25) is 0 Å². The second-order valence-corrected chi connectivity index (χ2v) is 6.30. The topological polar surface area (TPSA) is 29.5 Å². The van der Waals surface area contributed by atoms with Crippen LogP contribution in [0.2, 0.25) is 0 Å². The van der Waals surface area contributed by atoms with Gasteiger partial charge in [0, 0.05) is 6.61 Å². The molecule has 0 aromatic rings. The Labute approximate surface area is 99.4 Å². The smallest absolute Gasteiger partial charge is 0.0699 e. The first-order chi connectivity index (χ1) is 7.54. The van der Waals surface area contributed by atoms with Gasteiger partial charge in [-0.15, -0.1) is 0 Å². The van der Waals surface area contributed by atoms with Crippen molar-refractivity contribution in [2.24, 2.45) is 5.41 Å². The van der Waals surface area contributed by atoms with E-state index in [0.717, 1.165) is 32.3 Å². The summed E-state index contributed by atoms with van der Waals surface area (Å²) in [5, 5.41) is 10.8. The van der Waals surface area contributed by atoms with Crippen LogP contribution in [-0.4, -0.2) is 23.4 Å². The zero-order valence-electron chi connectivity index (χ0n) is 10.8. The average Bonchev–Trinajstić information content (AvgIpc) is 2.73. The van der Waals surface area contributed by atoms with Crippen molar-refractivity contribution in [3.63, 3.8) is 0 Å². The maximum absolute atomic E-state index is 10.8. The van der Waals surface area contributed by atoms with Crippen LogP contribution in [0.3, 0.4) is 0 Å². The van der Waals surface area contributed by atoms with Crippen molar-refractivity contribution in [2.75, 3.05) is 6.61 Å². The molecule has 16 heavy (non-hydrogen) atoms. The molecule has 0 spiro atoms. The second-order valence-electron chi connectivity index (χ2n) is 6.30. The molecule has 1 saturated heterocycles. The van der Waals surface area contributed by atoms with Crippen LogP contribution in [0.4, 0.5) is 0 Å². The minimum Gasteiger partial charge on any atom is -0.389 e. The quantitative estimate of drug-likeness (QED) is 0.800. The number of rotatable bonds is 3. The Hall–Kier alpha value is -0.0800. The Morgan fingerprint density at radius 1 is 1.19 bits per heavy atom. The van der Waals surface area contributed by atoms with Gasteiger partial charge in [-0.05, 0) is 43.9 Å². The van der Waals surface area contributed by atoms with Crippen LogP contribution in [0.1, 0.15) is 65.2 Å². The summed E-state index contributed by atoms with van der Waals surface area (Å²) in [6.07, 6.45) is 9.37. The maximum Gasteiger partial charge on any atom is 0.0699 e.